The Kier molecular flexibility index (Phi) is 3.39. The summed E-state index contributed by atoms with van der Waals surface area (Å²) in [6.07, 6.45) is 4.61. The maximum absolute atomic E-state index is 5.91. The topological polar surface area (TPSA) is 56.5 Å². The Labute approximate surface area is 107 Å². The van der Waals surface area contributed by atoms with E-state index in [-0.39, 0.29) is 0 Å². The van der Waals surface area contributed by atoms with E-state index in [2.05, 4.69) is 11.4 Å². The molecule has 0 amide bonds. The first-order chi connectivity index (χ1) is 8.83. The number of nitrogens with one attached hydrogen (secondary N) is 1. The molecule has 1 aromatic carbocycles. The minimum Gasteiger partial charge on any atom is -0.454 e. The van der Waals surface area contributed by atoms with Gasteiger partial charge in [-0.05, 0) is 31.7 Å². The summed E-state index contributed by atoms with van der Waals surface area (Å²) in [6, 6.07) is 7.05. The fourth-order valence-corrected chi connectivity index (χ4v) is 2.71. The summed E-state index contributed by atoms with van der Waals surface area (Å²) < 4.78 is 10.9. The minimum atomic E-state index is 0.338. The van der Waals surface area contributed by atoms with Crippen molar-refractivity contribution >= 4 is 0 Å². The average molecular weight is 248 g/mol. The molecule has 0 bridgehead atoms. The van der Waals surface area contributed by atoms with Gasteiger partial charge < -0.3 is 20.5 Å². The molecule has 1 saturated carbocycles. The van der Waals surface area contributed by atoms with Gasteiger partial charge in [-0.1, -0.05) is 12.1 Å². The van der Waals surface area contributed by atoms with E-state index in [4.69, 9.17) is 15.2 Å². The lowest BCUT2D eigenvalue weighted by Crippen LogP contribution is -2.37. The standard InChI is InChI=1S/C14H20N2O2/c15-11-4-6-12(7-5-11)16-8-10-2-1-3-13-14(10)18-9-17-13/h1-3,11-12,16H,4-9,15H2. The fourth-order valence-electron chi connectivity index (χ4n) is 2.71. The quantitative estimate of drug-likeness (QED) is 0.856. The molecule has 2 aliphatic rings. The van der Waals surface area contributed by atoms with Gasteiger partial charge in [-0.2, -0.15) is 0 Å². The monoisotopic (exact) mass is 248 g/mol. The smallest absolute Gasteiger partial charge is 0.231 e. The van der Waals surface area contributed by atoms with E-state index in [9.17, 15) is 0 Å². The molecular weight excluding hydrogens is 228 g/mol. The summed E-state index contributed by atoms with van der Waals surface area (Å²) in [5.41, 5.74) is 7.09. The van der Waals surface area contributed by atoms with Gasteiger partial charge in [-0.15, -0.1) is 0 Å². The van der Waals surface area contributed by atoms with Crippen LogP contribution >= 0.6 is 0 Å². The van der Waals surface area contributed by atoms with Crippen molar-refractivity contribution in [1.82, 2.24) is 5.32 Å². The van der Waals surface area contributed by atoms with E-state index in [1.54, 1.807) is 0 Å². The molecule has 1 aliphatic carbocycles. The van der Waals surface area contributed by atoms with Gasteiger partial charge in [0.05, 0.1) is 0 Å². The van der Waals surface area contributed by atoms with Gasteiger partial charge in [0.25, 0.3) is 0 Å². The number of rotatable bonds is 3. The highest BCUT2D eigenvalue weighted by molar-refractivity contribution is 5.48. The molecule has 0 atom stereocenters. The van der Waals surface area contributed by atoms with E-state index < -0.39 is 0 Å². The van der Waals surface area contributed by atoms with Crippen LogP contribution in [0, 0.1) is 0 Å². The van der Waals surface area contributed by atoms with Crippen molar-refractivity contribution in [3.8, 4) is 11.5 Å². The van der Waals surface area contributed by atoms with Gasteiger partial charge in [-0.3, -0.25) is 0 Å². The second-order valence-corrected chi connectivity index (χ2v) is 5.14. The maximum Gasteiger partial charge on any atom is 0.231 e. The molecule has 4 nitrogen and oxygen atoms in total. The van der Waals surface area contributed by atoms with Crippen molar-refractivity contribution in [3.63, 3.8) is 0 Å². The van der Waals surface area contributed by atoms with Crippen molar-refractivity contribution in [1.29, 1.82) is 0 Å². The van der Waals surface area contributed by atoms with E-state index in [1.165, 1.54) is 18.4 Å². The van der Waals surface area contributed by atoms with Crippen LogP contribution in [0.4, 0.5) is 0 Å². The van der Waals surface area contributed by atoms with E-state index in [0.717, 1.165) is 30.9 Å². The van der Waals surface area contributed by atoms with Crippen molar-refractivity contribution < 1.29 is 9.47 Å². The van der Waals surface area contributed by atoms with Crippen LogP contribution in [0.15, 0.2) is 18.2 Å². The molecule has 1 heterocycles. The zero-order valence-corrected chi connectivity index (χ0v) is 10.5. The molecule has 4 heteroatoms. The Morgan fingerprint density at radius 1 is 1.17 bits per heavy atom. The number of hydrogen-bond acceptors (Lipinski definition) is 4. The predicted molar refractivity (Wildman–Crippen MR) is 69.6 cm³/mol. The molecule has 98 valence electrons. The average Bonchev–Trinajstić information content (AvgIpc) is 2.87. The van der Waals surface area contributed by atoms with Crippen LogP contribution in [0.25, 0.3) is 0 Å². The Morgan fingerprint density at radius 3 is 2.83 bits per heavy atom. The first-order valence-corrected chi connectivity index (χ1v) is 6.69. The SMILES string of the molecule is NC1CCC(NCc2cccc3c2OCO3)CC1. The van der Waals surface area contributed by atoms with E-state index >= 15 is 0 Å². The van der Waals surface area contributed by atoms with Crippen LogP contribution in [-0.4, -0.2) is 18.9 Å². The summed E-state index contributed by atoms with van der Waals surface area (Å²) in [6.45, 7) is 1.18. The zero-order chi connectivity index (χ0) is 12.4. The minimum absolute atomic E-state index is 0.338. The van der Waals surface area contributed by atoms with Gasteiger partial charge in [-0.25, -0.2) is 0 Å². The van der Waals surface area contributed by atoms with Crippen LogP contribution < -0.4 is 20.5 Å². The lowest BCUT2D eigenvalue weighted by Gasteiger charge is -2.27. The first-order valence-electron chi connectivity index (χ1n) is 6.69. The Morgan fingerprint density at radius 2 is 2.00 bits per heavy atom. The third kappa shape index (κ3) is 2.44. The number of hydrogen-bond donors (Lipinski definition) is 2. The lowest BCUT2D eigenvalue weighted by atomic mass is 9.92. The van der Waals surface area contributed by atoms with Gasteiger partial charge in [0.15, 0.2) is 11.5 Å². The third-order valence-corrected chi connectivity index (χ3v) is 3.83. The highest BCUT2D eigenvalue weighted by Crippen LogP contribution is 2.35. The summed E-state index contributed by atoms with van der Waals surface area (Å²) in [5.74, 6) is 1.76. The summed E-state index contributed by atoms with van der Waals surface area (Å²) in [7, 11) is 0. The molecule has 1 aliphatic heterocycles. The molecule has 1 fully saturated rings. The summed E-state index contributed by atoms with van der Waals surface area (Å²) in [5, 5.41) is 3.60. The van der Waals surface area contributed by atoms with Crippen molar-refractivity contribution in [2.75, 3.05) is 6.79 Å². The van der Waals surface area contributed by atoms with Crippen LogP contribution in [0.5, 0.6) is 11.5 Å². The Bertz CT molecular complexity index is 414. The maximum atomic E-state index is 5.91. The van der Waals surface area contributed by atoms with Crippen LogP contribution in [0.2, 0.25) is 0 Å². The number of fused-ring (bicyclic) bond motifs is 1. The summed E-state index contributed by atoms with van der Waals surface area (Å²) in [4.78, 5) is 0. The number of benzene rings is 1. The highest BCUT2D eigenvalue weighted by atomic mass is 16.7. The second-order valence-electron chi connectivity index (χ2n) is 5.14. The number of nitrogens with two attached hydrogens (primary N) is 1. The molecular formula is C14H20N2O2. The molecule has 3 rings (SSSR count). The van der Waals surface area contributed by atoms with Crippen molar-refractivity contribution in [3.05, 3.63) is 23.8 Å². The largest absolute Gasteiger partial charge is 0.454 e. The van der Waals surface area contributed by atoms with Crippen LogP contribution in [-0.2, 0) is 6.54 Å². The molecule has 1 aromatic rings. The molecule has 0 aromatic heterocycles. The molecule has 0 unspecified atom stereocenters. The van der Waals surface area contributed by atoms with Gasteiger partial charge in [0.1, 0.15) is 0 Å². The van der Waals surface area contributed by atoms with E-state index in [1.807, 2.05) is 12.1 Å². The number of ether oxygens (including phenoxy) is 2. The Balaban J connectivity index is 1.59. The van der Waals surface area contributed by atoms with Crippen LogP contribution in [0.3, 0.4) is 0 Å². The normalized spacial score (nSPS) is 26.3. The number of para-hydroxylation sites is 1. The zero-order valence-electron chi connectivity index (χ0n) is 10.5. The van der Waals surface area contributed by atoms with Crippen LogP contribution in [0.1, 0.15) is 31.2 Å². The van der Waals surface area contributed by atoms with E-state index in [0.29, 0.717) is 18.9 Å². The highest BCUT2D eigenvalue weighted by Gasteiger charge is 2.20. The molecule has 0 radical (unpaired) electrons. The third-order valence-electron chi connectivity index (χ3n) is 3.83. The van der Waals surface area contributed by atoms with Gasteiger partial charge in [0, 0.05) is 24.2 Å². The van der Waals surface area contributed by atoms with Gasteiger partial charge in [0.2, 0.25) is 6.79 Å². The molecule has 0 saturated heterocycles. The summed E-state index contributed by atoms with van der Waals surface area (Å²) >= 11 is 0. The van der Waals surface area contributed by atoms with Gasteiger partial charge >= 0.3 is 0 Å². The molecule has 3 N–H and O–H groups in total. The van der Waals surface area contributed by atoms with Crippen molar-refractivity contribution in [2.45, 2.75) is 44.3 Å². The second kappa shape index (κ2) is 5.16. The lowest BCUT2D eigenvalue weighted by molar-refractivity contribution is 0.173. The molecule has 18 heavy (non-hydrogen) atoms. The molecule has 0 spiro atoms. The fraction of sp³-hybridized carbons (Fsp3) is 0.571. The Hall–Kier alpha value is -1.26. The predicted octanol–water partition coefficient (Wildman–Crippen LogP) is 1.77. The van der Waals surface area contributed by atoms with Crippen molar-refractivity contribution in [2.24, 2.45) is 5.73 Å². The first kappa shape index (κ1) is 11.8.